The van der Waals surface area contributed by atoms with Crippen molar-refractivity contribution in [3.8, 4) is 0 Å². The maximum absolute atomic E-state index is 12.6. The lowest BCUT2D eigenvalue weighted by atomic mass is 9.85. The molecule has 4 nitrogen and oxygen atoms in total. The molecule has 0 saturated carbocycles. The number of anilines is 1. The van der Waals surface area contributed by atoms with Gasteiger partial charge in [-0.15, -0.1) is 0 Å². The highest BCUT2D eigenvalue weighted by Crippen LogP contribution is 2.37. The van der Waals surface area contributed by atoms with Crippen molar-refractivity contribution in [3.05, 3.63) is 63.7 Å². The molecular weight excluding hydrogens is 425 g/mol. The number of hydrogen-bond donors (Lipinski definition) is 0. The number of amides is 1. The molecule has 2 aromatic carbocycles. The highest BCUT2D eigenvalue weighted by molar-refractivity contribution is 14.1. The van der Waals surface area contributed by atoms with Gasteiger partial charge in [0.15, 0.2) is 0 Å². The molecule has 1 spiro atoms. The summed E-state index contributed by atoms with van der Waals surface area (Å²) < 4.78 is 1.19. The lowest BCUT2D eigenvalue weighted by Gasteiger charge is -2.43. The van der Waals surface area contributed by atoms with Crippen LogP contribution in [-0.2, 0) is 11.3 Å². The van der Waals surface area contributed by atoms with Crippen molar-refractivity contribution in [1.82, 2.24) is 4.90 Å². The predicted octanol–water partition coefficient (Wildman–Crippen LogP) is 3.70. The Balaban J connectivity index is 1.50. The van der Waals surface area contributed by atoms with E-state index in [4.69, 9.17) is 0 Å². The van der Waals surface area contributed by atoms with Gasteiger partial charge < -0.3 is 4.90 Å². The van der Waals surface area contributed by atoms with E-state index < -0.39 is 5.54 Å². The van der Waals surface area contributed by atoms with Gasteiger partial charge in [-0.25, -0.2) is 4.99 Å². The van der Waals surface area contributed by atoms with Crippen LogP contribution in [0.1, 0.15) is 18.4 Å². The zero-order valence-electron chi connectivity index (χ0n) is 13.9. The molecule has 1 saturated heterocycles. The van der Waals surface area contributed by atoms with E-state index in [0.717, 1.165) is 38.2 Å². The summed E-state index contributed by atoms with van der Waals surface area (Å²) in [5.41, 5.74) is 1.87. The Bertz CT molecular complexity index is 780. The maximum atomic E-state index is 12.6. The van der Waals surface area contributed by atoms with Crippen molar-refractivity contribution < 1.29 is 4.79 Å². The number of carbonyl (C=O) groups is 1. The molecule has 0 bridgehead atoms. The third kappa shape index (κ3) is 3.22. The van der Waals surface area contributed by atoms with Gasteiger partial charge in [-0.2, -0.15) is 0 Å². The molecule has 2 aliphatic heterocycles. The zero-order chi connectivity index (χ0) is 17.3. The topological polar surface area (TPSA) is 35.9 Å². The monoisotopic (exact) mass is 445 g/mol. The van der Waals surface area contributed by atoms with Crippen molar-refractivity contribution in [2.24, 2.45) is 4.99 Å². The van der Waals surface area contributed by atoms with Gasteiger partial charge in [0, 0.05) is 28.9 Å². The number of hydrogen-bond acceptors (Lipinski definition) is 3. The standard InChI is InChI=1S/C20H20IN3O/c21-17-6-8-18(9-7-17)24-15-22-19(25)20(24)10-12-23(13-11-20)14-16-4-2-1-3-5-16/h1-9,15H,10-14H2. The second kappa shape index (κ2) is 6.88. The van der Waals surface area contributed by atoms with Crippen LogP contribution in [0.3, 0.4) is 0 Å². The Morgan fingerprint density at radius 3 is 2.36 bits per heavy atom. The number of halogens is 1. The van der Waals surface area contributed by atoms with Crippen LogP contribution in [0.4, 0.5) is 5.69 Å². The van der Waals surface area contributed by atoms with Crippen LogP contribution in [0, 0.1) is 3.57 Å². The molecule has 1 amide bonds. The molecule has 128 valence electrons. The van der Waals surface area contributed by atoms with E-state index in [1.54, 1.807) is 6.34 Å². The largest absolute Gasteiger partial charge is 0.317 e. The van der Waals surface area contributed by atoms with Gasteiger partial charge in [-0.05, 0) is 65.3 Å². The van der Waals surface area contributed by atoms with E-state index in [2.05, 4.69) is 85.9 Å². The fraction of sp³-hybridized carbons (Fsp3) is 0.300. The summed E-state index contributed by atoms with van der Waals surface area (Å²) in [6.07, 6.45) is 3.34. The Hall–Kier alpha value is -1.73. The van der Waals surface area contributed by atoms with E-state index in [0.29, 0.717) is 0 Å². The Labute approximate surface area is 161 Å². The molecule has 25 heavy (non-hydrogen) atoms. The van der Waals surface area contributed by atoms with Crippen molar-refractivity contribution >= 4 is 40.5 Å². The van der Waals surface area contributed by atoms with Crippen LogP contribution in [0.2, 0.25) is 0 Å². The zero-order valence-corrected chi connectivity index (χ0v) is 16.1. The highest BCUT2D eigenvalue weighted by atomic mass is 127. The Kier molecular flexibility index (Phi) is 4.60. The average Bonchev–Trinajstić information content (AvgIpc) is 2.95. The molecule has 1 fully saturated rings. The maximum Gasteiger partial charge on any atom is 0.273 e. The first-order valence-corrected chi connectivity index (χ1v) is 9.65. The van der Waals surface area contributed by atoms with Crippen LogP contribution in [0.5, 0.6) is 0 Å². The summed E-state index contributed by atoms with van der Waals surface area (Å²) in [6.45, 7) is 2.76. The molecule has 0 unspecified atom stereocenters. The molecule has 5 heteroatoms. The summed E-state index contributed by atoms with van der Waals surface area (Å²) in [5, 5.41) is 0. The molecule has 2 heterocycles. The van der Waals surface area contributed by atoms with Gasteiger partial charge in [0.05, 0.1) is 6.34 Å². The second-order valence-corrected chi connectivity index (χ2v) is 7.94. The third-order valence-electron chi connectivity index (χ3n) is 5.19. The number of carbonyl (C=O) groups excluding carboxylic acids is 1. The van der Waals surface area contributed by atoms with E-state index in [-0.39, 0.29) is 5.91 Å². The van der Waals surface area contributed by atoms with Crippen molar-refractivity contribution in [2.45, 2.75) is 24.9 Å². The minimum absolute atomic E-state index is 0.00501. The number of likely N-dealkylation sites (tertiary alicyclic amines) is 1. The smallest absolute Gasteiger partial charge is 0.273 e. The Morgan fingerprint density at radius 1 is 1.00 bits per heavy atom. The van der Waals surface area contributed by atoms with Crippen LogP contribution in [-0.4, -0.2) is 35.8 Å². The quantitative estimate of drug-likeness (QED) is 0.677. The van der Waals surface area contributed by atoms with Gasteiger partial charge in [-0.3, -0.25) is 9.69 Å². The lowest BCUT2D eigenvalue weighted by Crippen LogP contribution is -2.56. The number of nitrogens with zero attached hydrogens (tertiary/aromatic N) is 3. The molecule has 0 aliphatic carbocycles. The minimum Gasteiger partial charge on any atom is -0.317 e. The molecule has 0 atom stereocenters. The molecule has 2 aliphatic rings. The average molecular weight is 445 g/mol. The van der Waals surface area contributed by atoms with Crippen LogP contribution in [0.25, 0.3) is 0 Å². The fourth-order valence-electron chi connectivity index (χ4n) is 3.74. The number of piperidine rings is 1. The number of rotatable bonds is 3. The van der Waals surface area contributed by atoms with Gasteiger partial charge in [0.1, 0.15) is 5.54 Å². The van der Waals surface area contributed by atoms with Crippen LogP contribution < -0.4 is 4.90 Å². The summed E-state index contributed by atoms with van der Waals surface area (Å²) in [6, 6.07) is 18.8. The molecule has 2 aromatic rings. The first-order chi connectivity index (χ1) is 12.2. The number of benzene rings is 2. The van der Waals surface area contributed by atoms with E-state index in [1.807, 2.05) is 6.07 Å². The summed E-state index contributed by atoms with van der Waals surface area (Å²) in [7, 11) is 0. The Morgan fingerprint density at radius 2 is 1.68 bits per heavy atom. The summed E-state index contributed by atoms with van der Waals surface area (Å²) >= 11 is 2.30. The van der Waals surface area contributed by atoms with Gasteiger partial charge >= 0.3 is 0 Å². The normalized spacial score (nSPS) is 19.7. The first kappa shape index (κ1) is 16.7. The molecular formula is C20H20IN3O. The minimum atomic E-state index is -0.500. The van der Waals surface area contributed by atoms with Gasteiger partial charge in [0.25, 0.3) is 5.91 Å². The number of aliphatic imine (C=N–C) groups is 1. The van der Waals surface area contributed by atoms with Gasteiger partial charge in [0.2, 0.25) is 0 Å². The second-order valence-electron chi connectivity index (χ2n) is 6.69. The third-order valence-corrected chi connectivity index (χ3v) is 5.91. The van der Waals surface area contributed by atoms with Gasteiger partial charge in [-0.1, -0.05) is 30.3 Å². The first-order valence-electron chi connectivity index (χ1n) is 8.57. The van der Waals surface area contributed by atoms with Crippen molar-refractivity contribution in [3.63, 3.8) is 0 Å². The molecule has 4 rings (SSSR count). The predicted molar refractivity (Wildman–Crippen MR) is 109 cm³/mol. The molecule has 0 N–H and O–H groups in total. The van der Waals surface area contributed by atoms with E-state index >= 15 is 0 Å². The summed E-state index contributed by atoms with van der Waals surface area (Å²) in [4.78, 5) is 21.3. The van der Waals surface area contributed by atoms with Crippen LogP contribution in [0.15, 0.2) is 59.6 Å². The molecule has 0 aromatic heterocycles. The molecule has 0 radical (unpaired) electrons. The van der Waals surface area contributed by atoms with E-state index in [1.165, 1.54) is 9.13 Å². The lowest BCUT2D eigenvalue weighted by molar-refractivity contribution is -0.123. The fourth-order valence-corrected chi connectivity index (χ4v) is 4.10. The highest BCUT2D eigenvalue weighted by Gasteiger charge is 2.49. The van der Waals surface area contributed by atoms with Crippen molar-refractivity contribution in [2.75, 3.05) is 18.0 Å². The van der Waals surface area contributed by atoms with Crippen molar-refractivity contribution in [1.29, 1.82) is 0 Å². The van der Waals surface area contributed by atoms with Crippen LogP contribution >= 0.6 is 22.6 Å². The SMILES string of the molecule is O=C1N=CN(c2ccc(I)cc2)C12CCN(Cc1ccccc1)CC2. The van der Waals surface area contributed by atoms with E-state index in [9.17, 15) is 4.79 Å². The summed E-state index contributed by atoms with van der Waals surface area (Å²) in [5.74, 6) is 0.00501.